The van der Waals surface area contributed by atoms with Crippen LogP contribution in [0.3, 0.4) is 0 Å². The monoisotopic (exact) mass is 660 g/mol. The molecule has 3 aromatic rings. The van der Waals surface area contributed by atoms with Crippen LogP contribution in [0.5, 0.6) is 0 Å². The fourth-order valence-corrected chi connectivity index (χ4v) is 3.03. The van der Waals surface area contributed by atoms with Gasteiger partial charge < -0.3 is 15.0 Å². The van der Waals surface area contributed by atoms with Gasteiger partial charge in [0.1, 0.15) is 11.9 Å². The molecule has 1 N–H and O–H groups in total. The Morgan fingerprint density at radius 3 is 2.15 bits per heavy atom. The van der Waals surface area contributed by atoms with Crippen LogP contribution in [0.15, 0.2) is 30.3 Å². The number of aromatic nitrogens is 3. The van der Waals surface area contributed by atoms with Crippen molar-refractivity contribution in [2.45, 2.75) is 25.4 Å². The molecule has 34 heavy (non-hydrogen) atoms. The van der Waals surface area contributed by atoms with E-state index in [1.54, 1.807) is 19.0 Å². The largest absolute Gasteiger partial charge is 0.477 e. The van der Waals surface area contributed by atoms with Gasteiger partial charge in [-0.15, -0.1) is 6.07 Å². The zero-order chi connectivity index (χ0) is 24.7. The molecule has 0 atom stereocenters. The number of rotatable bonds is 5. The van der Waals surface area contributed by atoms with Crippen molar-refractivity contribution in [1.29, 1.82) is 0 Å². The second-order valence-electron chi connectivity index (χ2n) is 7.93. The summed E-state index contributed by atoms with van der Waals surface area (Å²) in [5.41, 5.74) is -3.35. The Bertz CT molecular complexity index is 1230. The predicted octanol–water partition coefficient (Wildman–Crippen LogP) is 4.72. The summed E-state index contributed by atoms with van der Waals surface area (Å²) < 4.78 is 68.4. The number of alkyl halides is 3. The zero-order valence-electron chi connectivity index (χ0n) is 18.2. The molecule has 0 saturated carbocycles. The topological polar surface area (TPSA) is 79.2 Å². The summed E-state index contributed by atoms with van der Waals surface area (Å²) in [4.78, 5) is 24.4. The number of hydrogen-bond donors (Lipinski definition) is 1. The molecule has 3 aromatic heterocycles. The standard InChI is InChI=1S/C22H18F5N4O2.Pt/c1-21(2,17-10-12(31(3)4)9-15(29-17)20(32)33)16-8-11(22(25,26)27)7-14(28-16)13-5-6-18(23)30-19(13)24;/h6-10H,1-4H3,(H,32,33);/q-1;. The van der Waals surface area contributed by atoms with E-state index in [0.29, 0.717) is 17.8 Å². The average Bonchev–Trinajstić information content (AvgIpc) is 2.72. The Morgan fingerprint density at radius 1 is 1.00 bits per heavy atom. The van der Waals surface area contributed by atoms with Crippen molar-refractivity contribution < 1.29 is 52.9 Å². The number of anilines is 1. The van der Waals surface area contributed by atoms with Crippen LogP contribution in [-0.4, -0.2) is 40.1 Å². The second kappa shape index (κ2) is 9.74. The Morgan fingerprint density at radius 2 is 1.62 bits per heavy atom. The van der Waals surface area contributed by atoms with E-state index in [9.17, 15) is 31.9 Å². The maximum absolute atomic E-state index is 14.2. The minimum Gasteiger partial charge on any atom is -0.477 e. The Kier molecular flexibility index (Phi) is 7.82. The molecule has 0 radical (unpaired) electrons. The third-order valence-electron chi connectivity index (χ3n) is 4.98. The number of aromatic carboxylic acids is 1. The number of pyridine rings is 3. The fraction of sp³-hybridized carbons (Fsp3) is 0.273. The van der Waals surface area contributed by atoms with Crippen molar-refractivity contribution in [3.8, 4) is 11.3 Å². The summed E-state index contributed by atoms with van der Waals surface area (Å²) in [6, 6.07) is 7.15. The number of carbonyl (C=O) groups is 1. The van der Waals surface area contributed by atoms with Crippen molar-refractivity contribution in [2.75, 3.05) is 19.0 Å². The maximum Gasteiger partial charge on any atom is 0.415 e. The van der Waals surface area contributed by atoms with E-state index in [1.165, 1.54) is 26.0 Å². The predicted molar refractivity (Wildman–Crippen MR) is 109 cm³/mol. The number of nitrogens with zero attached hydrogens (tertiary/aromatic N) is 4. The number of halogens is 5. The van der Waals surface area contributed by atoms with Gasteiger partial charge in [0.05, 0.1) is 11.3 Å². The van der Waals surface area contributed by atoms with E-state index in [2.05, 4.69) is 21.0 Å². The summed E-state index contributed by atoms with van der Waals surface area (Å²) in [6.07, 6.45) is -4.81. The smallest absolute Gasteiger partial charge is 0.415 e. The van der Waals surface area contributed by atoms with Gasteiger partial charge in [0, 0.05) is 52.0 Å². The van der Waals surface area contributed by atoms with Crippen LogP contribution in [0.4, 0.5) is 27.6 Å². The summed E-state index contributed by atoms with van der Waals surface area (Å²) in [5, 5.41) is 9.42. The first-order chi connectivity index (χ1) is 15.2. The number of hydrogen-bond acceptors (Lipinski definition) is 5. The SMILES string of the molecule is CN(C)c1cc(C(=O)O)nc(C(C)(C)c2cc(C(F)(F)F)cc(-c3[c-]cc(F)nc3F)n2)c1.[Pt]. The van der Waals surface area contributed by atoms with Crippen LogP contribution in [0.25, 0.3) is 11.3 Å². The molecular weight excluding hydrogens is 642 g/mol. The molecule has 0 aromatic carbocycles. The van der Waals surface area contributed by atoms with Gasteiger partial charge in [-0.3, -0.25) is 4.98 Å². The molecule has 0 aliphatic rings. The van der Waals surface area contributed by atoms with Crippen molar-refractivity contribution in [3.63, 3.8) is 0 Å². The summed E-state index contributed by atoms with van der Waals surface area (Å²) >= 11 is 0. The molecule has 0 fully saturated rings. The summed E-state index contributed by atoms with van der Waals surface area (Å²) in [5.74, 6) is -3.87. The second-order valence-corrected chi connectivity index (χ2v) is 7.93. The average molecular weight is 660 g/mol. The van der Waals surface area contributed by atoms with Crippen molar-refractivity contribution in [2.24, 2.45) is 0 Å². The molecular formula is C22H18F5N4O2Pt-. The van der Waals surface area contributed by atoms with Gasteiger partial charge in [-0.25, -0.2) is 18.6 Å². The first-order valence-corrected chi connectivity index (χ1v) is 9.47. The van der Waals surface area contributed by atoms with Crippen molar-refractivity contribution >= 4 is 11.7 Å². The van der Waals surface area contributed by atoms with Gasteiger partial charge in [-0.2, -0.15) is 13.2 Å². The van der Waals surface area contributed by atoms with E-state index in [4.69, 9.17) is 0 Å². The van der Waals surface area contributed by atoms with Gasteiger partial charge in [-0.1, -0.05) is 17.7 Å². The zero-order valence-corrected chi connectivity index (χ0v) is 20.5. The van der Waals surface area contributed by atoms with Gasteiger partial charge >= 0.3 is 12.1 Å². The van der Waals surface area contributed by atoms with Crippen LogP contribution >= 0.6 is 0 Å². The molecule has 0 amide bonds. The van der Waals surface area contributed by atoms with Crippen LogP contribution in [0, 0.1) is 18.0 Å². The van der Waals surface area contributed by atoms with Crippen LogP contribution in [0.1, 0.15) is 41.3 Å². The molecule has 0 unspecified atom stereocenters. The molecule has 6 nitrogen and oxygen atoms in total. The Labute approximate surface area is 206 Å². The fourth-order valence-electron chi connectivity index (χ4n) is 3.03. The normalized spacial score (nSPS) is 11.7. The van der Waals surface area contributed by atoms with Crippen LogP contribution < -0.4 is 4.90 Å². The van der Waals surface area contributed by atoms with Crippen LogP contribution in [0.2, 0.25) is 0 Å². The van der Waals surface area contributed by atoms with E-state index < -0.39 is 46.3 Å². The summed E-state index contributed by atoms with van der Waals surface area (Å²) in [6.45, 7) is 3.02. The molecule has 3 rings (SSSR count). The van der Waals surface area contributed by atoms with Gasteiger partial charge in [0.25, 0.3) is 0 Å². The summed E-state index contributed by atoms with van der Waals surface area (Å²) in [7, 11) is 3.33. The molecule has 0 aliphatic heterocycles. The third-order valence-corrected chi connectivity index (χ3v) is 4.98. The quantitative estimate of drug-likeness (QED) is 0.243. The molecule has 12 heteroatoms. The maximum atomic E-state index is 14.2. The molecule has 184 valence electrons. The van der Waals surface area contributed by atoms with Gasteiger partial charge in [-0.05, 0) is 37.7 Å². The first kappa shape index (κ1) is 27.3. The third kappa shape index (κ3) is 5.57. The molecule has 0 bridgehead atoms. The number of carboxylic acids is 1. The van der Waals surface area contributed by atoms with E-state index in [-0.39, 0.29) is 38.1 Å². The first-order valence-electron chi connectivity index (χ1n) is 9.47. The van der Waals surface area contributed by atoms with Crippen molar-refractivity contribution in [3.05, 3.63) is 70.9 Å². The van der Waals surface area contributed by atoms with Crippen LogP contribution in [-0.2, 0) is 32.7 Å². The Hall–Kier alpha value is -2.94. The molecule has 0 saturated heterocycles. The molecule has 0 aliphatic carbocycles. The number of carboxylic acid groups (broad SMARTS) is 1. The van der Waals surface area contributed by atoms with E-state index >= 15 is 0 Å². The minimum absolute atomic E-state index is 0. The molecule has 0 spiro atoms. The van der Waals surface area contributed by atoms with E-state index in [0.717, 1.165) is 6.07 Å². The van der Waals surface area contributed by atoms with E-state index in [1.807, 2.05) is 0 Å². The molecule has 3 heterocycles. The minimum atomic E-state index is -4.81. The van der Waals surface area contributed by atoms with Crippen molar-refractivity contribution in [1.82, 2.24) is 15.0 Å². The Balaban J connectivity index is 0.00000408. The van der Waals surface area contributed by atoms with Gasteiger partial charge in [0.15, 0.2) is 5.69 Å². The van der Waals surface area contributed by atoms with Gasteiger partial charge in [0.2, 0.25) is 0 Å².